The molecule has 156 valence electrons. The van der Waals surface area contributed by atoms with Gasteiger partial charge in [0, 0.05) is 24.9 Å². The van der Waals surface area contributed by atoms with Crippen molar-refractivity contribution in [2.75, 3.05) is 18.1 Å². The normalized spacial score (nSPS) is 20.1. The van der Waals surface area contributed by atoms with Gasteiger partial charge in [-0.2, -0.15) is 0 Å². The number of para-hydroxylation sites is 2. The lowest BCUT2D eigenvalue weighted by molar-refractivity contribution is -0.158. The van der Waals surface area contributed by atoms with Gasteiger partial charge < -0.3 is 14.4 Å². The molecule has 2 aliphatic rings. The topological polar surface area (TPSA) is 76.1 Å². The summed E-state index contributed by atoms with van der Waals surface area (Å²) >= 11 is 0. The van der Waals surface area contributed by atoms with E-state index in [0.717, 1.165) is 5.56 Å². The molecule has 4 rings (SSSR count). The molecule has 0 unspecified atom stereocenters. The number of nitrogens with zero attached hydrogens (tertiary/aromatic N) is 2. The monoisotopic (exact) mass is 408 g/mol. The summed E-state index contributed by atoms with van der Waals surface area (Å²) in [5.74, 6) is -0.433. The van der Waals surface area contributed by atoms with Crippen LogP contribution in [0.25, 0.3) is 0 Å². The van der Waals surface area contributed by atoms with E-state index in [1.807, 2.05) is 31.2 Å². The fourth-order valence-corrected chi connectivity index (χ4v) is 4.35. The Hall–Kier alpha value is -3.35. The molecule has 2 aromatic carbocycles. The van der Waals surface area contributed by atoms with E-state index >= 15 is 0 Å². The lowest BCUT2D eigenvalue weighted by Gasteiger charge is -2.48. The van der Waals surface area contributed by atoms with Crippen LogP contribution in [-0.4, -0.2) is 41.5 Å². The number of fused-ring (bicyclic) bond motifs is 3. The fraction of sp³-hybridized carbons (Fsp3) is 0.348. The third-order valence-electron chi connectivity index (χ3n) is 5.65. The largest absolute Gasteiger partial charge is 0.493 e. The Bertz CT molecular complexity index is 1000. The molecule has 2 amide bonds. The van der Waals surface area contributed by atoms with Crippen molar-refractivity contribution in [1.82, 2.24) is 4.90 Å². The predicted octanol–water partition coefficient (Wildman–Crippen LogP) is 3.13. The van der Waals surface area contributed by atoms with Crippen molar-refractivity contribution >= 4 is 23.5 Å². The van der Waals surface area contributed by atoms with Crippen molar-refractivity contribution in [2.24, 2.45) is 0 Å². The van der Waals surface area contributed by atoms with Crippen LogP contribution in [0.3, 0.4) is 0 Å². The molecule has 2 heterocycles. The Morgan fingerprint density at radius 2 is 1.80 bits per heavy atom. The van der Waals surface area contributed by atoms with Crippen LogP contribution in [-0.2, 0) is 20.9 Å². The third kappa shape index (κ3) is 2.93. The minimum Gasteiger partial charge on any atom is -0.493 e. The molecule has 0 bridgehead atoms. The summed E-state index contributed by atoms with van der Waals surface area (Å²) in [6.45, 7) is 4.44. The van der Waals surface area contributed by atoms with Gasteiger partial charge in [-0.05, 0) is 32.0 Å². The number of amides is 2. The highest BCUT2D eigenvalue weighted by molar-refractivity contribution is 6.15. The van der Waals surface area contributed by atoms with E-state index in [1.165, 1.54) is 9.80 Å². The van der Waals surface area contributed by atoms with Crippen LogP contribution in [0.15, 0.2) is 48.5 Å². The lowest BCUT2D eigenvalue weighted by atomic mass is 9.96. The van der Waals surface area contributed by atoms with E-state index in [9.17, 15) is 14.4 Å². The highest BCUT2D eigenvalue weighted by Gasteiger charge is 2.61. The summed E-state index contributed by atoms with van der Waals surface area (Å²) in [5.41, 5.74) is 0.143. The summed E-state index contributed by atoms with van der Waals surface area (Å²) in [7, 11) is 0. The number of esters is 1. The summed E-state index contributed by atoms with van der Waals surface area (Å²) in [6, 6.07) is 14.2. The summed E-state index contributed by atoms with van der Waals surface area (Å²) < 4.78 is 11.3. The number of hydrogen-bond acceptors (Lipinski definition) is 5. The van der Waals surface area contributed by atoms with E-state index in [2.05, 4.69) is 0 Å². The molecule has 0 spiro atoms. The maximum absolute atomic E-state index is 13.5. The van der Waals surface area contributed by atoms with E-state index in [4.69, 9.17) is 9.47 Å². The standard InChI is InChI=1S/C23H24N2O5/c1-3-24-21(27)17-10-6-7-11-18(17)25-20(26)13-14-23(24,25)22(28)30-15-16-9-5-8-12-19(16)29-4-2/h5-12H,3-4,13-15H2,1-2H3/t23-/m0/s1. The second-order valence-electron chi connectivity index (χ2n) is 7.23. The SMILES string of the molecule is CCOc1ccccc1COC(=O)[C@]12CCC(=O)N1c1ccccc1C(=O)N2CC. The van der Waals surface area contributed by atoms with Gasteiger partial charge in [0.2, 0.25) is 11.6 Å². The van der Waals surface area contributed by atoms with Crippen LogP contribution in [0, 0.1) is 0 Å². The van der Waals surface area contributed by atoms with Crippen molar-refractivity contribution in [2.45, 2.75) is 39.0 Å². The van der Waals surface area contributed by atoms with Gasteiger partial charge in [-0.1, -0.05) is 30.3 Å². The van der Waals surface area contributed by atoms with Gasteiger partial charge in [0.1, 0.15) is 12.4 Å². The number of carbonyl (C=O) groups is 3. The van der Waals surface area contributed by atoms with Gasteiger partial charge >= 0.3 is 5.97 Å². The zero-order valence-electron chi connectivity index (χ0n) is 17.1. The molecule has 0 N–H and O–H groups in total. The minimum atomic E-state index is -1.46. The molecule has 0 saturated carbocycles. The Kier molecular flexibility index (Phi) is 5.20. The quantitative estimate of drug-likeness (QED) is 0.687. The second kappa shape index (κ2) is 7.82. The molecule has 0 aromatic heterocycles. The Morgan fingerprint density at radius 3 is 2.57 bits per heavy atom. The zero-order chi connectivity index (χ0) is 21.3. The first-order valence-electron chi connectivity index (χ1n) is 10.2. The lowest BCUT2D eigenvalue weighted by Crippen LogP contribution is -2.68. The van der Waals surface area contributed by atoms with Crippen molar-refractivity contribution in [3.05, 3.63) is 59.7 Å². The molecule has 1 fully saturated rings. The number of carbonyl (C=O) groups excluding carboxylic acids is 3. The highest BCUT2D eigenvalue weighted by Crippen LogP contribution is 2.45. The minimum absolute atomic E-state index is 0.00776. The molecule has 1 atom stereocenters. The van der Waals surface area contributed by atoms with E-state index < -0.39 is 11.6 Å². The third-order valence-corrected chi connectivity index (χ3v) is 5.65. The van der Waals surface area contributed by atoms with Crippen molar-refractivity contribution in [3.63, 3.8) is 0 Å². The predicted molar refractivity (Wildman–Crippen MR) is 110 cm³/mol. The molecule has 2 aromatic rings. The molecule has 7 heteroatoms. The molecular weight excluding hydrogens is 384 g/mol. The molecule has 2 aliphatic heterocycles. The average Bonchev–Trinajstić information content (AvgIpc) is 3.12. The van der Waals surface area contributed by atoms with Crippen LogP contribution in [0.5, 0.6) is 5.75 Å². The fourth-order valence-electron chi connectivity index (χ4n) is 4.35. The Balaban J connectivity index is 1.70. The van der Waals surface area contributed by atoms with Crippen LogP contribution >= 0.6 is 0 Å². The van der Waals surface area contributed by atoms with E-state index in [1.54, 1.807) is 31.2 Å². The molecule has 30 heavy (non-hydrogen) atoms. The van der Waals surface area contributed by atoms with Gasteiger partial charge in [-0.25, -0.2) is 4.79 Å². The maximum atomic E-state index is 13.5. The van der Waals surface area contributed by atoms with Crippen LogP contribution < -0.4 is 9.64 Å². The summed E-state index contributed by atoms with van der Waals surface area (Å²) in [6.07, 6.45) is 0.369. The van der Waals surface area contributed by atoms with E-state index in [0.29, 0.717) is 23.6 Å². The van der Waals surface area contributed by atoms with Crippen molar-refractivity contribution in [1.29, 1.82) is 0 Å². The maximum Gasteiger partial charge on any atom is 0.354 e. The zero-order valence-corrected chi connectivity index (χ0v) is 17.1. The van der Waals surface area contributed by atoms with Crippen molar-refractivity contribution < 1.29 is 23.9 Å². The number of benzene rings is 2. The smallest absolute Gasteiger partial charge is 0.354 e. The first-order chi connectivity index (χ1) is 14.5. The van der Waals surface area contributed by atoms with E-state index in [-0.39, 0.29) is 37.8 Å². The van der Waals surface area contributed by atoms with Crippen LogP contribution in [0.4, 0.5) is 5.69 Å². The Labute approximate surface area is 175 Å². The van der Waals surface area contributed by atoms with Gasteiger partial charge in [0.05, 0.1) is 17.9 Å². The number of ether oxygens (including phenoxy) is 2. The summed E-state index contributed by atoms with van der Waals surface area (Å²) in [5, 5.41) is 0. The number of likely N-dealkylation sites (N-methyl/N-ethyl adjacent to an activating group) is 1. The molecule has 0 aliphatic carbocycles. The first-order valence-corrected chi connectivity index (χ1v) is 10.2. The van der Waals surface area contributed by atoms with Crippen LogP contribution in [0.2, 0.25) is 0 Å². The second-order valence-corrected chi connectivity index (χ2v) is 7.23. The molecule has 0 radical (unpaired) electrons. The number of hydrogen-bond donors (Lipinski definition) is 0. The number of anilines is 1. The molecule has 1 saturated heterocycles. The summed E-state index contributed by atoms with van der Waals surface area (Å²) in [4.78, 5) is 42.4. The molecule has 7 nitrogen and oxygen atoms in total. The van der Waals surface area contributed by atoms with Gasteiger partial charge in [0.15, 0.2) is 0 Å². The average molecular weight is 408 g/mol. The first kappa shape index (κ1) is 19.9. The number of rotatable bonds is 6. The highest BCUT2D eigenvalue weighted by atomic mass is 16.5. The van der Waals surface area contributed by atoms with Crippen LogP contribution in [0.1, 0.15) is 42.6 Å². The molecular formula is C23H24N2O5. The van der Waals surface area contributed by atoms with Gasteiger partial charge in [-0.15, -0.1) is 0 Å². The van der Waals surface area contributed by atoms with Gasteiger partial charge in [0.25, 0.3) is 5.91 Å². The van der Waals surface area contributed by atoms with Crippen molar-refractivity contribution in [3.8, 4) is 5.75 Å². The van der Waals surface area contributed by atoms with Gasteiger partial charge in [-0.3, -0.25) is 14.5 Å². The Morgan fingerprint density at radius 1 is 1.07 bits per heavy atom.